The van der Waals surface area contributed by atoms with E-state index in [1.165, 1.54) is 56.6 Å². The van der Waals surface area contributed by atoms with E-state index in [0.717, 1.165) is 34.9 Å². The number of rotatable bonds is 9. The molecular formula is C56H50N2. The maximum absolute atomic E-state index is 2.49. The minimum absolute atomic E-state index is 0.0366. The summed E-state index contributed by atoms with van der Waals surface area (Å²) in [5.41, 5.74) is 17.2. The Morgan fingerprint density at radius 1 is 0.310 bits per heavy atom. The first-order chi connectivity index (χ1) is 28.2. The number of fused-ring (bicyclic) bond motifs is 1. The van der Waals surface area contributed by atoms with Crippen LogP contribution in [-0.4, -0.2) is 0 Å². The number of benzene rings is 8. The molecule has 0 aromatic heterocycles. The van der Waals surface area contributed by atoms with Crippen molar-refractivity contribution in [3.05, 3.63) is 217 Å². The lowest BCUT2D eigenvalue weighted by Gasteiger charge is -2.44. The van der Waals surface area contributed by atoms with Crippen molar-refractivity contribution in [2.24, 2.45) is 0 Å². The van der Waals surface area contributed by atoms with E-state index in [2.05, 4.69) is 244 Å². The van der Waals surface area contributed by atoms with E-state index in [1.807, 2.05) is 0 Å². The van der Waals surface area contributed by atoms with Crippen LogP contribution >= 0.6 is 0 Å². The predicted molar refractivity (Wildman–Crippen MR) is 247 cm³/mol. The molecule has 0 N–H and O–H groups in total. The van der Waals surface area contributed by atoms with Crippen LogP contribution in [0, 0.1) is 0 Å². The van der Waals surface area contributed by atoms with Crippen LogP contribution in [0.1, 0.15) is 51.7 Å². The van der Waals surface area contributed by atoms with Gasteiger partial charge in [0.2, 0.25) is 0 Å². The molecule has 8 aromatic carbocycles. The summed E-state index contributed by atoms with van der Waals surface area (Å²) in [6.07, 6.45) is 2.33. The zero-order chi connectivity index (χ0) is 39.7. The lowest BCUT2D eigenvalue weighted by Crippen LogP contribution is -2.35. The second-order valence-electron chi connectivity index (χ2n) is 16.9. The summed E-state index contributed by atoms with van der Waals surface area (Å²) in [5.74, 6) is 0. The minimum atomic E-state index is 0.0366. The summed E-state index contributed by atoms with van der Waals surface area (Å²) in [6, 6.07) is 74.9. The normalized spacial score (nSPS) is 14.0. The zero-order valence-electron chi connectivity index (χ0n) is 33.9. The van der Waals surface area contributed by atoms with Gasteiger partial charge in [0.25, 0.3) is 0 Å². The van der Waals surface area contributed by atoms with Crippen LogP contribution in [0.4, 0.5) is 34.1 Å². The fraction of sp³-hybridized carbons (Fsp3) is 0.143. The molecule has 9 rings (SSSR count). The summed E-state index contributed by atoms with van der Waals surface area (Å²) in [7, 11) is 0. The lowest BCUT2D eigenvalue weighted by atomic mass is 9.62. The van der Waals surface area contributed by atoms with Gasteiger partial charge in [-0.25, -0.2) is 0 Å². The van der Waals surface area contributed by atoms with E-state index < -0.39 is 0 Å². The molecule has 0 radical (unpaired) electrons. The Morgan fingerprint density at radius 2 is 0.690 bits per heavy atom. The molecule has 284 valence electrons. The monoisotopic (exact) mass is 750 g/mol. The maximum atomic E-state index is 2.49. The average Bonchev–Trinajstić information content (AvgIpc) is 3.27. The fourth-order valence-electron chi connectivity index (χ4n) is 8.85. The molecule has 0 unspecified atom stereocenters. The Kier molecular flexibility index (Phi) is 9.79. The van der Waals surface area contributed by atoms with Gasteiger partial charge in [0.1, 0.15) is 0 Å². The van der Waals surface area contributed by atoms with E-state index >= 15 is 0 Å². The molecule has 0 saturated carbocycles. The Labute approximate surface area is 344 Å². The molecule has 0 amide bonds. The van der Waals surface area contributed by atoms with Crippen LogP contribution in [0.3, 0.4) is 0 Å². The molecule has 0 aliphatic heterocycles. The van der Waals surface area contributed by atoms with Crippen molar-refractivity contribution in [1.29, 1.82) is 0 Å². The van der Waals surface area contributed by atoms with Crippen LogP contribution in [0.25, 0.3) is 33.4 Å². The number of anilines is 6. The Balaban J connectivity index is 1.10. The standard InChI is InChI=1S/C56H50N2/c1-55(2)37-38-56(3,4)54-52(55)27-16-28-53(54)58(51-26-15-22-46(40-51)42-19-10-6-11-20-42)49-35-31-44(32-36-49)43-29-33-48(34-30-43)57(47-23-12-7-13-24-47)50-25-14-21-45(39-50)41-17-8-5-9-18-41/h5-36,39-40H,37-38H2,1-4H3. The van der Waals surface area contributed by atoms with Gasteiger partial charge in [0.05, 0.1) is 5.69 Å². The van der Waals surface area contributed by atoms with E-state index in [4.69, 9.17) is 0 Å². The summed E-state index contributed by atoms with van der Waals surface area (Å²) in [6.45, 7) is 9.67. The number of hydrogen-bond donors (Lipinski definition) is 0. The highest BCUT2D eigenvalue weighted by Gasteiger charge is 2.39. The third-order valence-corrected chi connectivity index (χ3v) is 12.1. The first-order valence-corrected chi connectivity index (χ1v) is 20.6. The Hall–Kier alpha value is -6.64. The molecule has 8 aromatic rings. The number of para-hydroxylation sites is 1. The van der Waals surface area contributed by atoms with Gasteiger partial charge in [-0.3, -0.25) is 0 Å². The molecule has 1 aliphatic rings. The molecule has 0 fully saturated rings. The van der Waals surface area contributed by atoms with E-state index in [9.17, 15) is 0 Å². The van der Waals surface area contributed by atoms with Gasteiger partial charge in [-0.1, -0.05) is 167 Å². The van der Waals surface area contributed by atoms with Crippen molar-refractivity contribution in [1.82, 2.24) is 0 Å². The number of nitrogens with zero attached hydrogens (tertiary/aromatic N) is 2. The fourth-order valence-corrected chi connectivity index (χ4v) is 8.85. The Morgan fingerprint density at radius 3 is 1.22 bits per heavy atom. The molecule has 0 bridgehead atoms. The first-order valence-electron chi connectivity index (χ1n) is 20.6. The Bertz CT molecular complexity index is 2640. The predicted octanol–water partition coefficient (Wildman–Crippen LogP) is 16.0. The van der Waals surface area contributed by atoms with Gasteiger partial charge in [0, 0.05) is 28.4 Å². The minimum Gasteiger partial charge on any atom is -0.310 e. The summed E-state index contributed by atoms with van der Waals surface area (Å²) < 4.78 is 0. The average molecular weight is 751 g/mol. The largest absolute Gasteiger partial charge is 0.310 e. The van der Waals surface area contributed by atoms with Gasteiger partial charge in [-0.15, -0.1) is 0 Å². The summed E-state index contributed by atoms with van der Waals surface area (Å²) in [5, 5.41) is 0. The first kappa shape index (κ1) is 37.0. The van der Waals surface area contributed by atoms with Crippen molar-refractivity contribution in [2.45, 2.75) is 51.4 Å². The SMILES string of the molecule is CC1(C)CCC(C)(C)c2c(N(c3ccc(-c4ccc(N(c5ccccc5)c5cccc(-c6ccccc6)c5)cc4)cc3)c3cccc(-c4ccccc4)c3)cccc21. The molecular weight excluding hydrogens is 701 g/mol. The second-order valence-corrected chi connectivity index (χ2v) is 16.9. The van der Waals surface area contributed by atoms with Crippen molar-refractivity contribution >= 4 is 34.1 Å². The van der Waals surface area contributed by atoms with Crippen LogP contribution in [0.2, 0.25) is 0 Å². The molecule has 0 heterocycles. The van der Waals surface area contributed by atoms with Gasteiger partial charge in [0.15, 0.2) is 0 Å². The van der Waals surface area contributed by atoms with Gasteiger partial charge < -0.3 is 9.80 Å². The van der Waals surface area contributed by atoms with Crippen molar-refractivity contribution in [3.63, 3.8) is 0 Å². The van der Waals surface area contributed by atoms with Crippen LogP contribution in [-0.2, 0) is 10.8 Å². The molecule has 0 atom stereocenters. The molecule has 58 heavy (non-hydrogen) atoms. The van der Waals surface area contributed by atoms with Crippen LogP contribution in [0.15, 0.2) is 206 Å². The van der Waals surface area contributed by atoms with E-state index in [0.29, 0.717) is 0 Å². The van der Waals surface area contributed by atoms with Crippen LogP contribution < -0.4 is 9.80 Å². The van der Waals surface area contributed by atoms with Crippen molar-refractivity contribution < 1.29 is 0 Å². The van der Waals surface area contributed by atoms with E-state index in [-0.39, 0.29) is 10.8 Å². The van der Waals surface area contributed by atoms with Crippen LogP contribution in [0.5, 0.6) is 0 Å². The molecule has 0 spiro atoms. The molecule has 0 saturated heterocycles. The maximum Gasteiger partial charge on any atom is 0.0502 e. The lowest BCUT2D eigenvalue weighted by molar-refractivity contribution is 0.332. The second kappa shape index (κ2) is 15.4. The molecule has 2 heteroatoms. The highest BCUT2D eigenvalue weighted by molar-refractivity contribution is 5.85. The quantitative estimate of drug-likeness (QED) is 0.145. The number of hydrogen-bond acceptors (Lipinski definition) is 2. The van der Waals surface area contributed by atoms with Gasteiger partial charge in [-0.2, -0.15) is 0 Å². The summed E-state index contributed by atoms with van der Waals surface area (Å²) in [4.78, 5) is 4.83. The molecule has 2 nitrogen and oxygen atoms in total. The topological polar surface area (TPSA) is 6.48 Å². The highest BCUT2D eigenvalue weighted by Crippen LogP contribution is 2.52. The van der Waals surface area contributed by atoms with Gasteiger partial charge in [-0.05, 0) is 135 Å². The van der Waals surface area contributed by atoms with Crippen molar-refractivity contribution in [2.75, 3.05) is 9.80 Å². The molecule has 1 aliphatic carbocycles. The van der Waals surface area contributed by atoms with Crippen molar-refractivity contribution in [3.8, 4) is 33.4 Å². The van der Waals surface area contributed by atoms with E-state index in [1.54, 1.807) is 0 Å². The smallest absolute Gasteiger partial charge is 0.0502 e. The third kappa shape index (κ3) is 7.23. The summed E-state index contributed by atoms with van der Waals surface area (Å²) >= 11 is 0. The van der Waals surface area contributed by atoms with Gasteiger partial charge >= 0.3 is 0 Å². The third-order valence-electron chi connectivity index (χ3n) is 12.1. The zero-order valence-corrected chi connectivity index (χ0v) is 33.9. The highest BCUT2D eigenvalue weighted by atomic mass is 15.1.